The fourth-order valence-corrected chi connectivity index (χ4v) is 0.248. The van der Waals surface area contributed by atoms with Crippen LogP contribution < -0.4 is 0 Å². The van der Waals surface area contributed by atoms with Gasteiger partial charge in [0.1, 0.15) is 0 Å². The maximum Gasteiger partial charge on any atom is -0.0159 e. The maximum atomic E-state index is 4.94. The van der Waals surface area contributed by atoms with Crippen molar-refractivity contribution >= 4 is 0 Å². The highest BCUT2D eigenvalue weighted by Gasteiger charge is 1.77. The third kappa shape index (κ3) is 5.30. The Morgan fingerprint density at radius 1 is 1.57 bits per heavy atom. The van der Waals surface area contributed by atoms with Crippen molar-refractivity contribution in [2.75, 3.05) is 0 Å². The Kier molecular flexibility index (Phi) is 3.14. The number of allylic oxidation sites excluding steroid dienone is 2. The Morgan fingerprint density at radius 2 is 2.14 bits per heavy atom. The molecule has 0 aromatic carbocycles. The average molecular weight is 94.2 g/mol. The molecular formula is C7H10. The van der Waals surface area contributed by atoms with Crippen molar-refractivity contribution < 1.29 is 0 Å². The normalized spacial score (nSPS) is 10.0. The molecule has 0 aliphatic heterocycles. The summed E-state index contributed by atoms with van der Waals surface area (Å²) in [6.07, 6.45) is 8.65. The Bertz CT molecular complexity index is 91.1. The van der Waals surface area contributed by atoms with Gasteiger partial charge in [0.05, 0.1) is 0 Å². The molecule has 0 radical (unpaired) electrons. The molecule has 0 saturated carbocycles. The smallest absolute Gasteiger partial charge is 0.0159 e. The number of terminal acetylenes is 1. The van der Waals surface area contributed by atoms with Gasteiger partial charge in [0.25, 0.3) is 0 Å². The molecule has 0 aliphatic rings. The van der Waals surface area contributed by atoms with E-state index in [-0.39, 0.29) is 0 Å². The van der Waals surface area contributed by atoms with E-state index < -0.39 is 0 Å². The van der Waals surface area contributed by atoms with Crippen LogP contribution >= 0.6 is 0 Å². The van der Waals surface area contributed by atoms with Crippen LogP contribution in [0.4, 0.5) is 0 Å². The van der Waals surface area contributed by atoms with Gasteiger partial charge in [-0.15, -0.1) is 6.42 Å². The van der Waals surface area contributed by atoms with Gasteiger partial charge >= 0.3 is 0 Å². The average Bonchev–Trinajstić information content (AvgIpc) is 1.61. The lowest BCUT2D eigenvalue weighted by Crippen LogP contribution is -1.73. The van der Waals surface area contributed by atoms with Crippen LogP contribution in [0.2, 0.25) is 0 Å². The lowest BCUT2D eigenvalue weighted by atomic mass is 10.2. The van der Waals surface area contributed by atoms with E-state index >= 15 is 0 Å². The van der Waals surface area contributed by atoms with E-state index in [0.29, 0.717) is 5.92 Å². The van der Waals surface area contributed by atoms with E-state index in [4.69, 9.17) is 6.42 Å². The molecule has 7 heavy (non-hydrogen) atoms. The van der Waals surface area contributed by atoms with E-state index in [1.54, 1.807) is 6.08 Å². The van der Waals surface area contributed by atoms with Crippen molar-refractivity contribution in [2.45, 2.75) is 13.8 Å². The fourth-order valence-electron chi connectivity index (χ4n) is 0.248. The van der Waals surface area contributed by atoms with Crippen LogP contribution in [0.3, 0.4) is 0 Å². The minimum Gasteiger partial charge on any atom is -0.115 e. The lowest BCUT2D eigenvalue weighted by Gasteiger charge is -1.86. The predicted octanol–water partition coefficient (Wildman–Crippen LogP) is 1.83. The number of rotatable bonds is 1. The molecule has 0 spiro atoms. The molecule has 0 aromatic rings. The second-order valence-electron chi connectivity index (χ2n) is 1.77. The molecule has 0 N–H and O–H groups in total. The van der Waals surface area contributed by atoms with Gasteiger partial charge in [0, 0.05) is 0 Å². The predicted molar refractivity (Wildman–Crippen MR) is 32.8 cm³/mol. The largest absolute Gasteiger partial charge is 0.115 e. The molecule has 0 saturated heterocycles. The summed E-state index contributed by atoms with van der Waals surface area (Å²) >= 11 is 0. The minimum atomic E-state index is 0.580. The van der Waals surface area contributed by atoms with Crippen LogP contribution in [-0.2, 0) is 0 Å². The summed E-state index contributed by atoms with van der Waals surface area (Å²) in [4.78, 5) is 0. The van der Waals surface area contributed by atoms with Crippen LogP contribution in [0, 0.1) is 18.3 Å². The zero-order valence-corrected chi connectivity index (χ0v) is 4.81. The van der Waals surface area contributed by atoms with Gasteiger partial charge < -0.3 is 0 Å². The molecule has 0 unspecified atom stereocenters. The molecule has 0 nitrogen and oxygen atoms in total. The van der Waals surface area contributed by atoms with Crippen molar-refractivity contribution in [3.63, 3.8) is 0 Å². The van der Waals surface area contributed by atoms with Crippen molar-refractivity contribution in [3.05, 3.63) is 12.2 Å². The second kappa shape index (κ2) is 3.49. The van der Waals surface area contributed by atoms with E-state index in [2.05, 4.69) is 19.8 Å². The van der Waals surface area contributed by atoms with Gasteiger partial charge in [0.2, 0.25) is 0 Å². The molecule has 0 heteroatoms. The standard InChI is InChI=1S/C7H10/c1-4-5-6-7(2)3/h1,5-7H,2-3H3/b6-5-. The van der Waals surface area contributed by atoms with Crippen molar-refractivity contribution in [3.8, 4) is 12.3 Å². The van der Waals surface area contributed by atoms with Crippen LogP contribution in [0.15, 0.2) is 12.2 Å². The molecule has 0 heterocycles. The zero-order chi connectivity index (χ0) is 5.70. The lowest BCUT2D eigenvalue weighted by molar-refractivity contribution is 0.832. The van der Waals surface area contributed by atoms with Crippen molar-refractivity contribution in [1.29, 1.82) is 0 Å². The monoisotopic (exact) mass is 94.1 g/mol. The molecule has 38 valence electrons. The Balaban J connectivity index is 3.31. The third-order valence-electron chi connectivity index (χ3n) is 0.577. The fraction of sp³-hybridized carbons (Fsp3) is 0.429. The number of hydrogen-bond acceptors (Lipinski definition) is 0. The van der Waals surface area contributed by atoms with E-state index in [0.717, 1.165) is 0 Å². The molecule has 0 fully saturated rings. The quantitative estimate of drug-likeness (QED) is 0.435. The van der Waals surface area contributed by atoms with Crippen molar-refractivity contribution in [1.82, 2.24) is 0 Å². The minimum absolute atomic E-state index is 0.580. The van der Waals surface area contributed by atoms with Gasteiger partial charge in [-0.1, -0.05) is 25.8 Å². The van der Waals surface area contributed by atoms with Gasteiger partial charge in [0.15, 0.2) is 0 Å². The highest BCUT2D eigenvalue weighted by atomic mass is 13.8. The Hall–Kier alpha value is -0.700. The first-order chi connectivity index (χ1) is 3.27. The summed E-state index contributed by atoms with van der Waals surface area (Å²) in [6, 6.07) is 0. The maximum absolute atomic E-state index is 4.94. The van der Waals surface area contributed by atoms with Gasteiger partial charge in [-0.05, 0) is 12.0 Å². The Labute approximate surface area is 45.2 Å². The highest BCUT2D eigenvalue weighted by Crippen LogP contribution is 1.90. The van der Waals surface area contributed by atoms with Crippen LogP contribution in [0.5, 0.6) is 0 Å². The molecule has 0 rings (SSSR count). The van der Waals surface area contributed by atoms with Crippen LogP contribution in [0.1, 0.15) is 13.8 Å². The first kappa shape index (κ1) is 6.30. The third-order valence-corrected chi connectivity index (χ3v) is 0.577. The first-order valence-corrected chi connectivity index (χ1v) is 2.40. The summed E-state index contributed by atoms with van der Waals surface area (Å²) in [5, 5.41) is 0. The summed E-state index contributed by atoms with van der Waals surface area (Å²) < 4.78 is 0. The summed E-state index contributed by atoms with van der Waals surface area (Å²) in [6.45, 7) is 4.18. The first-order valence-electron chi connectivity index (χ1n) is 2.40. The molecule has 0 aliphatic carbocycles. The second-order valence-corrected chi connectivity index (χ2v) is 1.77. The summed E-state index contributed by atoms with van der Waals surface area (Å²) in [5.41, 5.74) is 0. The molecule has 0 bridgehead atoms. The molecule has 0 aromatic heterocycles. The van der Waals surface area contributed by atoms with Crippen molar-refractivity contribution in [2.24, 2.45) is 5.92 Å². The van der Waals surface area contributed by atoms with Gasteiger partial charge in [-0.2, -0.15) is 0 Å². The topological polar surface area (TPSA) is 0 Å². The van der Waals surface area contributed by atoms with E-state index in [1.807, 2.05) is 6.08 Å². The highest BCUT2D eigenvalue weighted by molar-refractivity contribution is 5.09. The van der Waals surface area contributed by atoms with Gasteiger partial charge in [-0.3, -0.25) is 0 Å². The molecule has 0 atom stereocenters. The Morgan fingerprint density at radius 3 is 2.29 bits per heavy atom. The van der Waals surface area contributed by atoms with Gasteiger partial charge in [-0.25, -0.2) is 0 Å². The number of hydrogen-bond donors (Lipinski definition) is 0. The summed E-state index contributed by atoms with van der Waals surface area (Å²) in [5.74, 6) is 3.00. The van der Waals surface area contributed by atoms with Crippen LogP contribution in [0.25, 0.3) is 0 Å². The van der Waals surface area contributed by atoms with Crippen LogP contribution in [-0.4, -0.2) is 0 Å². The molecular weight excluding hydrogens is 84.1 g/mol. The molecule has 0 amide bonds. The SMILES string of the molecule is C#C/C=C\C(C)C. The van der Waals surface area contributed by atoms with E-state index in [9.17, 15) is 0 Å². The van der Waals surface area contributed by atoms with E-state index in [1.165, 1.54) is 0 Å². The summed E-state index contributed by atoms with van der Waals surface area (Å²) in [7, 11) is 0. The zero-order valence-electron chi connectivity index (χ0n) is 4.81.